The molecule has 0 saturated carbocycles. The minimum absolute atomic E-state index is 0.831. The van der Waals surface area contributed by atoms with Gasteiger partial charge in [0.2, 0.25) is 0 Å². The quantitative estimate of drug-likeness (QED) is 0.649. The van der Waals surface area contributed by atoms with E-state index in [9.17, 15) is 0 Å². The van der Waals surface area contributed by atoms with Crippen molar-refractivity contribution in [2.75, 3.05) is 0 Å². The summed E-state index contributed by atoms with van der Waals surface area (Å²) in [5.41, 5.74) is 0. The van der Waals surface area contributed by atoms with Gasteiger partial charge >= 0.3 is 0 Å². The molecule has 0 saturated heterocycles. The third-order valence-corrected chi connectivity index (χ3v) is 3.28. The molecule has 1 unspecified atom stereocenters. The standard InChI is InChI=1S/C14H26N2/c1-4-7-9-13(8-5-2)12-14-15-10-11-16(14)6-3/h10-11,13H,4-9,12H2,1-3H3. The van der Waals surface area contributed by atoms with Crippen LogP contribution in [0.15, 0.2) is 12.4 Å². The van der Waals surface area contributed by atoms with Crippen molar-refractivity contribution in [3.8, 4) is 0 Å². The second-order valence-corrected chi connectivity index (χ2v) is 4.63. The first-order valence-corrected chi connectivity index (χ1v) is 6.81. The Kier molecular flexibility index (Phi) is 6.20. The van der Waals surface area contributed by atoms with Gasteiger partial charge in [-0.1, -0.05) is 46.0 Å². The van der Waals surface area contributed by atoms with E-state index in [4.69, 9.17) is 0 Å². The largest absolute Gasteiger partial charge is 0.335 e. The van der Waals surface area contributed by atoms with E-state index in [2.05, 4.69) is 36.5 Å². The Hall–Kier alpha value is -0.790. The van der Waals surface area contributed by atoms with Gasteiger partial charge in [0.1, 0.15) is 5.82 Å². The van der Waals surface area contributed by atoms with Gasteiger partial charge < -0.3 is 4.57 Å². The number of hydrogen-bond acceptors (Lipinski definition) is 1. The lowest BCUT2D eigenvalue weighted by Crippen LogP contribution is -2.10. The summed E-state index contributed by atoms with van der Waals surface area (Å²) in [6.07, 6.45) is 11.9. The second-order valence-electron chi connectivity index (χ2n) is 4.63. The molecule has 0 aliphatic carbocycles. The second kappa shape index (κ2) is 7.48. The fourth-order valence-corrected chi connectivity index (χ4v) is 2.33. The van der Waals surface area contributed by atoms with Gasteiger partial charge in [-0.25, -0.2) is 4.98 Å². The molecule has 1 aromatic rings. The van der Waals surface area contributed by atoms with E-state index in [0.717, 1.165) is 18.9 Å². The van der Waals surface area contributed by atoms with Crippen molar-refractivity contribution in [3.63, 3.8) is 0 Å². The zero-order valence-corrected chi connectivity index (χ0v) is 11.1. The van der Waals surface area contributed by atoms with E-state index in [-0.39, 0.29) is 0 Å². The Morgan fingerprint density at radius 2 is 2.00 bits per heavy atom. The van der Waals surface area contributed by atoms with Gasteiger partial charge in [0.25, 0.3) is 0 Å². The highest BCUT2D eigenvalue weighted by Crippen LogP contribution is 2.19. The normalized spacial score (nSPS) is 12.9. The summed E-state index contributed by atoms with van der Waals surface area (Å²) in [4.78, 5) is 4.48. The Morgan fingerprint density at radius 1 is 1.19 bits per heavy atom. The van der Waals surface area contributed by atoms with Crippen molar-refractivity contribution >= 4 is 0 Å². The van der Waals surface area contributed by atoms with Crippen LogP contribution in [0.1, 0.15) is 58.7 Å². The van der Waals surface area contributed by atoms with Crippen LogP contribution >= 0.6 is 0 Å². The maximum Gasteiger partial charge on any atom is 0.108 e. The predicted molar refractivity (Wildman–Crippen MR) is 69.5 cm³/mol. The molecule has 0 amide bonds. The van der Waals surface area contributed by atoms with E-state index in [1.54, 1.807) is 0 Å². The molecule has 1 heterocycles. The van der Waals surface area contributed by atoms with Crippen molar-refractivity contribution in [2.24, 2.45) is 5.92 Å². The molecule has 0 aromatic carbocycles. The average molecular weight is 222 g/mol. The fourth-order valence-electron chi connectivity index (χ4n) is 2.33. The third kappa shape index (κ3) is 3.99. The number of aromatic nitrogens is 2. The molecule has 2 nitrogen and oxygen atoms in total. The average Bonchev–Trinajstić information content (AvgIpc) is 2.73. The third-order valence-electron chi connectivity index (χ3n) is 3.28. The number of unbranched alkanes of at least 4 members (excludes halogenated alkanes) is 1. The zero-order chi connectivity index (χ0) is 11.8. The van der Waals surface area contributed by atoms with Crippen molar-refractivity contribution in [1.29, 1.82) is 0 Å². The van der Waals surface area contributed by atoms with Crippen LogP contribution in [-0.2, 0) is 13.0 Å². The molecule has 0 bridgehead atoms. The lowest BCUT2D eigenvalue weighted by molar-refractivity contribution is 0.413. The molecule has 1 atom stereocenters. The highest BCUT2D eigenvalue weighted by atomic mass is 15.0. The Morgan fingerprint density at radius 3 is 2.62 bits per heavy atom. The van der Waals surface area contributed by atoms with Crippen molar-refractivity contribution in [2.45, 2.75) is 65.8 Å². The van der Waals surface area contributed by atoms with Crippen molar-refractivity contribution in [1.82, 2.24) is 9.55 Å². The number of imidazole rings is 1. The summed E-state index contributed by atoms with van der Waals surface area (Å²) in [5, 5.41) is 0. The van der Waals surface area contributed by atoms with Gasteiger partial charge in [-0.05, 0) is 12.8 Å². The summed E-state index contributed by atoms with van der Waals surface area (Å²) < 4.78 is 2.27. The summed E-state index contributed by atoms with van der Waals surface area (Å²) >= 11 is 0. The van der Waals surface area contributed by atoms with Crippen LogP contribution in [0.5, 0.6) is 0 Å². The highest BCUT2D eigenvalue weighted by Gasteiger charge is 2.11. The van der Waals surface area contributed by atoms with Crippen LogP contribution in [0.25, 0.3) is 0 Å². The summed E-state index contributed by atoms with van der Waals surface area (Å²) in [5.74, 6) is 2.11. The van der Waals surface area contributed by atoms with Gasteiger partial charge in [-0.15, -0.1) is 0 Å². The molecule has 0 spiro atoms. The predicted octanol–water partition coefficient (Wildman–Crippen LogP) is 4.05. The summed E-state index contributed by atoms with van der Waals surface area (Å²) in [6.45, 7) is 7.79. The molecule has 0 aliphatic heterocycles. The number of rotatable bonds is 8. The monoisotopic (exact) mass is 222 g/mol. The fraction of sp³-hybridized carbons (Fsp3) is 0.786. The lowest BCUT2D eigenvalue weighted by Gasteiger charge is -2.16. The Balaban J connectivity index is 2.52. The van der Waals surface area contributed by atoms with Crippen LogP contribution in [0.3, 0.4) is 0 Å². The highest BCUT2D eigenvalue weighted by molar-refractivity contribution is 4.93. The molecule has 1 rings (SSSR count). The first kappa shape index (κ1) is 13.3. The molecular weight excluding hydrogens is 196 g/mol. The van der Waals surface area contributed by atoms with Crippen molar-refractivity contribution < 1.29 is 0 Å². The van der Waals surface area contributed by atoms with E-state index < -0.39 is 0 Å². The lowest BCUT2D eigenvalue weighted by atomic mass is 9.93. The molecule has 2 heteroatoms. The number of aryl methyl sites for hydroxylation is 1. The van der Waals surface area contributed by atoms with E-state index in [1.807, 2.05) is 6.20 Å². The van der Waals surface area contributed by atoms with Crippen LogP contribution in [-0.4, -0.2) is 9.55 Å². The van der Waals surface area contributed by atoms with Gasteiger partial charge in [0, 0.05) is 25.4 Å². The van der Waals surface area contributed by atoms with Gasteiger partial charge in [-0.3, -0.25) is 0 Å². The SMILES string of the molecule is CCCCC(CCC)Cc1nccn1CC. The Bertz CT molecular complexity index is 278. The Labute approximate surface area is 100 Å². The summed E-state index contributed by atoms with van der Waals surface area (Å²) in [6, 6.07) is 0. The first-order chi connectivity index (χ1) is 7.81. The van der Waals surface area contributed by atoms with Crippen LogP contribution in [0.4, 0.5) is 0 Å². The molecule has 0 fully saturated rings. The maximum absolute atomic E-state index is 4.48. The number of hydrogen-bond donors (Lipinski definition) is 0. The van der Waals surface area contributed by atoms with Gasteiger partial charge in [0.05, 0.1) is 0 Å². The smallest absolute Gasteiger partial charge is 0.108 e. The van der Waals surface area contributed by atoms with Crippen LogP contribution in [0, 0.1) is 5.92 Å². The van der Waals surface area contributed by atoms with Crippen LogP contribution in [0.2, 0.25) is 0 Å². The first-order valence-electron chi connectivity index (χ1n) is 6.81. The van der Waals surface area contributed by atoms with Gasteiger partial charge in [-0.2, -0.15) is 0 Å². The topological polar surface area (TPSA) is 17.8 Å². The van der Waals surface area contributed by atoms with E-state index in [1.165, 1.54) is 37.9 Å². The molecule has 92 valence electrons. The molecule has 1 aromatic heterocycles. The van der Waals surface area contributed by atoms with E-state index >= 15 is 0 Å². The van der Waals surface area contributed by atoms with Crippen LogP contribution < -0.4 is 0 Å². The molecular formula is C14H26N2. The van der Waals surface area contributed by atoms with E-state index in [0.29, 0.717) is 0 Å². The minimum atomic E-state index is 0.831. The molecule has 0 N–H and O–H groups in total. The zero-order valence-electron chi connectivity index (χ0n) is 11.1. The molecule has 0 aliphatic rings. The van der Waals surface area contributed by atoms with Gasteiger partial charge in [0.15, 0.2) is 0 Å². The van der Waals surface area contributed by atoms with Crippen molar-refractivity contribution in [3.05, 3.63) is 18.2 Å². The molecule has 0 radical (unpaired) electrons. The number of nitrogens with zero attached hydrogens (tertiary/aromatic N) is 2. The summed E-state index contributed by atoms with van der Waals surface area (Å²) in [7, 11) is 0. The minimum Gasteiger partial charge on any atom is -0.335 e. The molecule has 16 heavy (non-hydrogen) atoms. The maximum atomic E-state index is 4.48.